The molecule has 0 bridgehead atoms. The Morgan fingerprint density at radius 2 is 1.68 bits per heavy atom. The number of hydrogen-bond acceptors (Lipinski definition) is 7. The first kappa shape index (κ1) is 19.4. The quantitative estimate of drug-likeness (QED) is 0.649. The van der Waals surface area contributed by atoms with Crippen LogP contribution in [0.5, 0.6) is 17.2 Å². The second-order valence-corrected chi connectivity index (χ2v) is 6.58. The van der Waals surface area contributed by atoms with E-state index in [-0.39, 0.29) is 5.91 Å². The van der Waals surface area contributed by atoms with Gasteiger partial charge in [0, 0.05) is 5.56 Å². The number of ether oxygens (including phenoxy) is 3. The predicted molar refractivity (Wildman–Crippen MR) is 109 cm³/mol. The van der Waals surface area contributed by atoms with Crippen LogP contribution in [-0.4, -0.2) is 37.4 Å². The van der Waals surface area contributed by atoms with Crippen LogP contribution in [0.1, 0.15) is 20.9 Å². The average molecular weight is 397 g/mol. The van der Waals surface area contributed by atoms with Crippen LogP contribution in [0.15, 0.2) is 42.5 Å². The highest BCUT2D eigenvalue weighted by molar-refractivity contribution is 7.16. The molecule has 0 atom stereocenters. The van der Waals surface area contributed by atoms with Gasteiger partial charge >= 0.3 is 0 Å². The lowest BCUT2D eigenvalue weighted by molar-refractivity contribution is 0.102. The fourth-order valence-electron chi connectivity index (χ4n) is 2.38. The van der Waals surface area contributed by atoms with E-state index in [2.05, 4.69) is 15.5 Å². The van der Waals surface area contributed by atoms with E-state index in [0.29, 0.717) is 27.2 Å². The summed E-state index contributed by atoms with van der Waals surface area (Å²) < 4.78 is 15.5. The summed E-state index contributed by atoms with van der Waals surface area (Å²) in [6.07, 6.45) is 3.76. The average Bonchev–Trinajstić information content (AvgIpc) is 3.19. The summed E-state index contributed by atoms with van der Waals surface area (Å²) in [5.41, 5.74) is 1.44. The number of carbonyl (C=O) groups excluding carboxylic acids is 1. The van der Waals surface area contributed by atoms with E-state index >= 15 is 0 Å². The van der Waals surface area contributed by atoms with Crippen molar-refractivity contribution in [3.63, 3.8) is 0 Å². The molecule has 0 saturated heterocycles. The van der Waals surface area contributed by atoms with E-state index in [1.54, 1.807) is 32.4 Å². The lowest BCUT2D eigenvalue weighted by atomic mass is 10.2. The monoisotopic (exact) mass is 397 g/mol. The highest BCUT2D eigenvalue weighted by Crippen LogP contribution is 2.28. The van der Waals surface area contributed by atoms with E-state index in [4.69, 9.17) is 14.2 Å². The highest BCUT2D eigenvalue weighted by atomic mass is 32.1. The van der Waals surface area contributed by atoms with Gasteiger partial charge in [-0.3, -0.25) is 10.1 Å². The first-order chi connectivity index (χ1) is 13.6. The van der Waals surface area contributed by atoms with Gasteiger partial charge in [0.15, 0.2) is 11.5 Å². The molecule has 1 amide bonds. The first-order valence-corrected chi connectivity index (χ1v) is 9.13. The molecular formula is C20H19N3O4S. The van der Waals surface area contributed by atoms with Gasteiger partial charge < -0.3 is 14.2 Å². The van der Waals surface area contributed by atoms with Gasteiger partial charge in [-0.2, -0.15) is 0 Å². The summed E-state index contributed by atoms with van der Waals surface area (Å²) >= 11 is 1.28. The van der Waals surface area contributed by atoms with E-state index in [1.807, 2.05) is 36.4 Å². The second kappa shape index (κ2) is 9.01. The van der Waals surface area contributed by atoms with Crippen LogP contribution >= 0.6 is 11.3 Å². The summed E-state index contributed by atoms with van der Waals surface area (Å²) in [5.74, 6) is 1.53. The zero-order valence-corrected chi connectivity index (χ0v) is 16.4. The SMILES string of the molecule is COc1ccc(C=Cc2nnc(NC(=O)c3ccc(OC)c(OC)c3)s2)cc1. The van der Waals surface area contributed by atoms with Crippen molar-refractivity contribution in [3.8, 4) is 17.2 Å². The lowest BCUT2D eigenvalue weighted by Gasteiger charge is -2.08. The molecule has 28 heavy (non-hydrogen) atoms. The molecule has 3 aromatic rings. The minimum Gasteiger partial charge on any atom is -0.497 e. The van der Waals surface area contributed by atoms with Crippen molar-refractivity contribution in [2.24, 2.45) is 0 Å². The van der Waals surface area contributed by atoms with E-state index in [0.717, 1.165) is 11.3 Å². The Balaban J connectivity index is 1.66. The maximum Gasteiger partial charge on any atom is 0.257 e. The van der Waals surface area contributed by atoms with Gasteiger partial charge in [0.1, 0.15) is 10.8 Å². The number of rotatable bonds is 7. The Morgan fingerprint density at radius 1 is 0.929 bits per heavy atom. The molecule has 1 aromatic heterocycles. The van der Waals surface area contributed by atoms with Gasteiger partial charge in [-0.05, 0) is 42.0 Å². The second-order valence-electron chi connectivity index (χ2n) is 5.58. The Labute approximate surface area is 166 Å². The number of hydrogen-bond donors (Lipinski definition) is 1. The van der Waals surface area contributed by atoms with Crippen LogP contribution in [0.25, 0.3) is 12.2 Å². The summed E-state index contributed by atoms with van der Waals surface area (Å²) in [6, 6.07) is 12.6. The normalized spacial score (nSPS) is 10.7. The maximum atomic E-state index is 12.4. The molecule has 1 heterocycles. The van der Waals surface area contributed by atoms with Crippen molar-refractivity contribution in [2.45, 2.75) is 0 Å². The van der Waals surface area contributed by atoms with Crippen molar-refractivity contribution < 1.29 is 19.0 Å². The molecular weight excluding hydrogens is 378 g/mol. The van der Waals surface area contributed by atoms with Crippen molar-refractivity contribution in [2.75, 3.05) is 26.6 Å². The summed E-state index contributed by atoms with van der Waals surface area (Å²) in [5, 5.41) is 11.9. The Hall–Kier alpha value is -3.39. The van der Waals surface area contributed by atoms with Gasteiger partial charge in [-0.25, -0.2) is 0 Å². The van der Waals surface area contributed by atoms with Crippen LogP contribution in [-0.2, 0) is 0 Å². The van der Waals surface area contributed by atoms with Crippen LogP contribution in [0.2, 0.25) is 0 Å². The molecule has 144 valence electrons. The summed E-state index contributed by atoms with van der Waals surface area (Å²) in [7, 11) is 4.69. The smallest absolute Gasteiger partial charge is 0.257 e. The third-order valence-corrected chi connectivity index (χ3v) is 4.64. The fourth-order valence-corrected chi connectivity index (χ4v) is 3.02. The standard InChI is InChI=1S/C20H19N3O4S/c1-25-15-8-4-13(5-9-15)6-11-18-22-23-20(28-18)21-19(24)14-7-10-16(26-2)17(12-14)27-3/h4-12H,1-3H3,(H,21,23,24). The Bertz CT molecular complexity index is 983. The predicted octanol–water partition coefficient (Wildman–Crippen LogP) is 3.99. The molecule has 7 nitrogen and oxygen atoms in total. The minimum absolute atomic E-state index is 0.303. The van der Waals surface area contributed by atoms with Crippen LogP contribution in [0.3, 0.4) is 0 Å². The van der Waals surface area contributed by atoms with Crippen molar-refractivity contribution in [3.05, 3.63) is 58.6 Å². The third kappa shape index (κ3) is 4.66. The number of nitrogens with zero attached hydrogens (tertiary/aromatic N) is 2. The number of anilines is 1. The van der Waals surface area contributed by atoms with E-state index in [1.165, 1.54) is 18.4 Å². The van der Waals surface area contributed by atoms with Gasteiger partial charge in [0.2, 0.25) is 5.13 Å². The summed E-state index contributed by atoms with van der Waals surface area (Å²) in [6.45, 7) is 0. The molecule has 8 heteroatoms. The number of aromatic nitrogens is 2. The number of methoxy groups -OCH3 is 3. The number of benzene rings is 2. The van der Waals surface area contributed by atoms with Crippen LogP contribution < -0.4 is 19.5 Å². The molecule has 0 aliphatic rings. The number of carbonyl (C=O) groups is 1. The number of nitrogens with one attached hydrogen (secondary N) is 1. The van der Waals surface area contributed by atoms with Crippen molar-refractivity contribution >= 4 is 34.5 Å². The summed E-state index contributed by atoms with van der Waals surface area (Å²) in [4.78, 5) is 12.4. The highest BCUT2D eigenvalue weighted by Gasteiger charge is 2.13. The van der Waals surface area contributed by atoms with Gasteiger partial charge in [-0.15, -0.1) is 10.2 Å². The topological polar surface area (TPSA) is 82.6 Å². The zero-order chi connectivity index (χ0) is 19.9. The largest absolute Gasteiger partial charge is 0.497 e. The molecule has 3 rings (SSSR count). The molecule has 0 aliphatic heterocycles. The molecule has 0 aliphatic carbocycles. The Kier molecular flexibility index (Phi) is 6.23. The molecule has 0 radical (unpaired) electrons. The fraction of sp³-hybridized carbons (Fsp3) is 0.150. The van der Waals surface area contributed by atoms with Crippen LogP contribution in [0.4, 0.5) is 5.13 Å². The van der Waals surface area contributed by atoms with Gasteiger partial charge in [0.05, 0.1) is 21.3 Å². The third-order valence-electron chi connectivity index (χ3n) is 3.84. The molecule has 0 saturated carbocycles. The lowest BCUT2D eigenvalue weighted by Crippen LogP contribution is -2.11. The minimum atomic E-state index is -0.303. The molecule has 0 fully saturated rings. The van der Waals surface area contributed by atoms with Gasteiger partial charge in [0.25, 0.3) is 5.91 Å². The molecule has 2 aromatic carbocycles. The Morgan fingerprint density at radius 3 is 2.36 bits per heavy atom. The number of amides is 1. The van der Waals surface area contributed by atoms with Crippen molar-refractivity contribution in [1.29, 1.82) is 0 Å². The molecule has 1 N–H and O–H groups in total. The van der Waals surface area contributed by atoms with Crippen LogP contribution in [0, 0.1) is 0 Å². The molecule has 0 spiro atoms. The first-order valence-electron chi connectivity index (χ1n) is 8.32. The van der Waals surface area contributed by atoms with Gasteiger partial charge in [-0.1, -0.05) is 29.5 Å². The van der Waals surface area contributed by atoms with E-state index in [9.17, 15) is 4.79 Å². The zero-order valence-electron chi connectivity index (χ0n) is 15.6. The maximum absolute atomic E-state index is 12.4. The van der Waals surface area contributed by atoms with Crippen molar-refractivity contribution in [1.82, 2.24) is 10.2 Å². The van der Waals surface area contributed by atoms with E-state index < -0.39 is 0 Å². The molecule has 0 unspecified atom stereocenters.